The number of hydrogen-bond acceptors (Lipinski definition) is 5. The summed E-state index contributed by atoms with van der Waals surface area (Å²) in [7, 11) is -1.49. The summed E-state index contributed by atoms with van der Waals surface area (Å²) in [6, 6.07) is 12.9. The average molecular weight is 507 g/mol. The maximum absolute atomic E-state index is 13.8. The fourth-order valence-electron chi connectivity index (χ4n) is 3.27. The number of hydrogen-bond donors (Lipinski definition) is 1. The highest BCUT2D eigenvalue weighted by molar-refractivity contribution is 7.92. The van der Waals surface area contributed by atoms with Crippen molar-refractivity contribution in [3.63, 3.8) is 0 Å². The summed E-state index contributed by atoms with van der Waals surface area (Å²) in [5, 5.41) is 2.47. The lowest BCUT2D eigenvalue weighted by molar-refractivity contribution is -0.114. The maximum Gasteiger partial charge on any atom is 0.264 e. The first-order valence-electron chi connectivity index (χ1n) is 10.1. The Kier molecular flexibility index (Phi) is 7.68. The molecule has 10 heteroatoms. The Hall–Kier alpha value is -3.30. The molecule has 0 saturated heterocycles. The molecule has 0 atom stereocenters. The first-order chi connectivity index (χ1) is 16.1. The smallest absolute Gasteiger partial charge is 0.264 e. The van der Waals surface area contributed by atoms with Gasteiger partial charge in [0.05, 0.1) is 29.8 Å². The molecule has 180 valence electrons. The Balaban J connectivity index is 2.04. The highest BCUT2D eigenvalue weighted by atomic mass is 35.5. The molecule has 0 spiro atoms. The topological polar surface area (TPSA) is 84.9 Å². The number of amides is 1. The van der Waals surface area contributed by atoms with Gasteiger partial charge in [0.25, 0.3) is 10.0 Å². The molecule has 0 aliphatic rings. The summed E-state index contributed by atoms with van der Waals surface area (Å²) in [5.41, 5.74) is 2.41. The van der Waals surface area contributed by atoms with Crippen LogP contribution in [0.3, 0.4) is 0 Å². The molecule has 3 aromatic rings. The number of anilines is 2. The van der Waals surface area contributed by atoms with Crippen molar-refractivity contribution in [3.05, 3.63) is 76.6 Å². The van der Waals surface area contributed by atoms with Crippen LogP contribution in [0.1, 0.15) is 11.1 Å². The monoisotopic (exact) mass is 506 g/mol. The average Bonchev–Trinajstić information content (AvgIpc) is 2.81. The summed E-state index contributed by atoms with van der Waals surface area (Å²) in [6.07, 6.45) is 0. The number of halogens is 2. The van der Waals surface area contributed by atoms with E-state index in [9.17, 15) is 17.6 Å². The Labute approximate surface area is 203 Å². The van der Waals surface area contributed by atoms with E-state index in [1.807, 2.05) is 19.9 Å². The van der Waals surface area contributed by atoms with Gasteiger partial charge in [0.15, 0.2) is 11.5 Å². The molecule has 0 aliphatic carbocycles. The standard InChI is InChI=1S/C24H24ClFN2O5S/c1-15-6-5-7-21(16(15)2)27-24(29)14-28(17-8-10-20(26)19(25)12-17)34(30,31)18-9-11-22(32-3)23(13-18)33-4/h5-13H,14H2,1-4H3,(H,27,29). The van der Waals surface area contributed by atoms with E-state index < -0.39 is 28.3 Å². The van der Waals surface area contributed by atoms with Crippen LogP contribution in [0.4, 0.5) is 15.8 Å². The van der Waals surface area contributed by atoms with Crippen LogP contribution in [0.15, 0.2) is 59.5 Å². The van der Waals surface area contributed by atoms with Crippen molar-refractivity contribution in [2.45, 2.75) is 18.7 Å². The van der Waals surface area contributed by atoms with Crippen LogP contribution in [-0.4, -0.2) is 35.1 Å². The molecule has 3 rings (SSSR count). The minimum atomic E-state index is -4.29. The van der Waals surface area contributed by atoms with Gasteiger partial charge in [-0.25, -0.2) is 12.8 Å². The molecule has 7 nitrogen and oxygen atoms in total. The molecule has 0 unspecified atom stereocenters. The van der Waals surface area contributed by atoms with Crippen molar-refractivity contribution in [2.24, 2.45) is 0 Å². The number of ether oxygens (including phenoxy) is 2. The Morgan fingerprint density at radius 2 is 1.74 bits per heavy atom. The van der Waals surface area contributed by atoms with Gasteiger partial charge in [-0.05, 0) is 61.4 Å². The fraction of sp³-hybridized carbons (Fsp3) is 0.208. The van der Waals surface area contributed by atoms with E-state index in [1.165, 1.54) is 38.5 Å². The van der Waals surface area contributed by atoms with Crippen LogP contribution in [0, 0.1) is 19.7 Å². The van der Waals surface area contributed by atoms with Gasteiger partial charge >= 0.3 is 0 Å². The highest BCUT2D eigenvalue weighted by Gasteiger charge is 2.29. The fourth-order valence-corrected chi connectivity index (χ4v) is 4.87. The third-order valence-electron chi connectivity index (χ3n) is 5.30. The van der Waals surface area contributed by atoms with E-state index in [4.69, 9.17) is 21.1 Å². The zero-order chi connectivity index (χ0) is 25.0. The van der Waals surface area contributed by atoms with Gasteiger partial charge in [0, 0.05) is 11.8 Å². The minimum Gasteiger partial charge on any atom is -0.493 e. The predicted octanol–water partition coefficient (Wildman–Crippen LogP) is 4.95. The second-order valence-corrected chi connectivity index (χ2v) is 9.69. The van der Waals surface area contributed by atoms with Gasteiger partial charge in [-0.1, -0.05) is 23.7 Å². The molecule has 0 saturated carbocycles. The van der Waals surface area contributed by atoms with Crippen LogP contribution in [-0.2, 0) is 14.8 Å². The summed E-state index contributed by atoms with van der Waals surface area (Å²) in [5.74, 6) is -0.766. The normalized spacial score (nSPS) is 11.1. The van der Waals surface area contributed by atoms with Crippen LogP contribution < -0.4 is 19.1 Å². The summed E-state index contributed by atoms with van der Waals surface area (Å²) < 4.78 is 52.3. The van der Waals surface area contributed by atoms with E-state index in [-0.39, 0.29) is 21.4 Å². The number of sulfonamides is 1. The molecule has 0 aliphatic heterocycles. The molecule has 34 heavy (non-hydrogen) atoms. The van der Waals surface area contributed by atoms with Crippen molar-refractivity contribution in [2.75, 3.05) is 30.4 Å². The van der Waals surface area contributed by atoms with Crippen molar-refractivity contribution in [3.8, 4) is 11.5 Å². The molecular weight excluding hydrogens is 483 g/mol. The van der Waals surface area contributed by atoms with Crippen molar-refractivity contribution in [1.29, 1.82) is 0 Å². The molecule has 3 aromatic carbocycles. The van der Waals surface area contributed by atoms with Gasteiger partial charge in [-0.3, -0.25) is 9.10 Å². The van der Waals surface area contributed by atoms with E-state index >= 15 is 0 Å². The molecule has 0 bridgehead atoms. The van der Waals surface area contributed by atoms with Gasteiger partial charge < -0.3 is 14.8 Å². The highest BCUT2D eigenvalue weighted by Crippen LogP contribution is 2.33. The Bertz CT molecular complexity index is 1330. The quantitative estimate of drug-likeness (QED) is 0.467. The zero-order valence-electron chi connectivity index (χ0n) is 19.1. The number of methoxy groups -OCH3 is 2. The minimum absolute atomic E-state index is 0.0253. The summed E-state index contributed by atoms with van der Waals surface area (Å²) >= 11 is 5.91. The van der Waals surface area contributed by atoms with Gasteiger partial charge in [-0.15, -0.1) is 0 Å². The number of benzene rings is 3. The molecular formula is C24H24ClFN2O5S. The molecule has 0 fully saturated rings. The number of rotatable bonds is 8. The predicted molar refractivity (Wildman–Crippen MR) is 130 cm³/mol. The van der Waals surface area contributed by atoms with E-state index in [0.717, 1.165) is 27.6 Å². The van der Waals surface area contributed by atoms with Gasteiger partial charge in [-0.2, -0.15) is 0 Å². The van der Waals surface area contributed by atoms with Crippen LogP contribution in [0.25, 0.3) is 0 Å². The Morgan fingerprint density at radius 1 is 1.03 bits per heavy atom. The lowest BCUT2D eigenvalue weighted by Gasteiger charge is -2.25. The van der Waals surface area contributed by atoms with E-state index in [2.05, 4.69) is 5.32 Å². The number of aryl methyl sites for hydroxylation is 1. The van der Waals surface area contributed by atoms with E-state index in [1.54, 1.807) is 12.1 Å². The number of carbonyl (C=O) groups is 1. The first kappa shape index (κ1) is 25.3. The zero-order valence-corrected chi connectivity index (χ0v) is 20.6. The summed E-state index contributed by atoms with van der Waals surface area (Å²) in [4.78, 5) is 12.8. The molecule has 0 radical (unpaired) electrons. The van der Waals surface area contributed by atoms with Crippen molar-refractivity contribution < 1.29 is 27.1 Å². The maximum atomic E-state index is 13.8. The third-order valence-corrected chi connectivity index (χ3v) is 7.36. The second-order valence-electron chi connectivity index (χ2n) is 7.42. The number of nitrogens with one attached hydrogen (secondary N) is 1. The number of nitrogens with zero attached hydrogens (tertiary/aromatic N) is 1. The first-order valence-corrected chi connectivity index (χ1v) is 12.0. The molecule has 0 aromatic heterocycles. The van der Waals surface area contributed by atoms with E-state index in [0.29, 0.717) is 11.4 Å². The van der Waals surface area contributed by atoms with Gasteiger partial charge in [0.2, 0.25) is 5.91 Å². The third kappa shape index (κ3) is 5.26. The Morgan fingerprint density at radius 3 is 2.38 bits per heavy atom. The van der Waals surface area contributed by atoms with Crippen LogP contribution in [0.2, 0.25) is 5.02 Å². The molecule has 0 heterocycles. The molecule has 1 amide bonds. The number of carbonyl (C=O) groups excluding carboxylic acids is 1. The van der Waals surface area contributed by atoms with Crippen molar-refractivity contribution >= 4 is 38.9 Å². The van der Waals surface area contributed by atoms with Crippen molar-refractivity contribution in [1.82, 2.24) is 0 Å². The lowest BCUT2D eigenvalue weighted by atomic mass is 10.1. The van der Waals surface area contributed by atoms with Crippen LogP contribution in [0.5, 0.6) is 11.5 Å². The van der Waals surface area contributed by atoms with Gasteiger partial charge in [0.1, 0.15) is 12.4 Å². The largest absolute Gasteiger partial charge is 0.493 e. The lowest BCUT2D eigenvalue weighted by Crippen LogP contribution is -2.38. The second kappa shape index (κ2) is 10.3. The summed E-state index contributed by atoms with van der Waals surface area (Å²) in [6.45, 7) is 3.17. The SMILES string of the molecule is COc1ccc(S(=O)(=O)N(CC(=O)Nc2cccc(C)c2C)c2ccc(F)c(Cl)c2)cc1OC. The van der Waals surface area contributed by atoms with Crippen LogP contribution >= 0.6 is 11.6 Å². The molecule has 1 N–H and O–H groups in total.